The average Bonchev–Trinajstić information content (AvgIpc) is 3.39. The van der Waals surface area contributed by atoms with Gasteiger partial charge in [0.15, 0.2) is 0 Å². The van der Waals surface area contributed by atoms with Crippen LogP contribution in [0.2, 0.25) is 0 Å². The predicted octanol–water partition coefficient (Wildman–Crippen LogP) is 3.16. The fourth-order valence-electron chi connectivity index (χ4n) is 3.57. The molecule has 148 valence electrons. The summed E-state index contributed by atoms with van der Waals surface area (Å²) in [6, 6.07) is 21.3. The molecule has 2 amide bonds. The van der Waals surface area contributed by atoms with Gasteiger partial charge in [-0.1, -0.05) is 65.8 Å². The molecule has 29 heavy (non-hydrogen) atoms. The summed E-state index contributed by atoms with van der Waals surface area (Å²) in [4.78, 5) is 26.5. The van der Waals surface area contributed by atoms with E-state index < -0.39 is 0 Å². The normalized spacial score (nSPS) is 16.2. The predicted molar refractivity (Wildman–Crippen MR) is 109 cm³/mol. The summed E-state index contributed by atoms with van der Waals surface area (Å²) in [5.74, 6) is 0.119. The number of hydrogen-bond acceptors (Lipinski definition) is 4. The van der Waals surface area contributed by atoms with Crippen molar-refractivity contribution >= 4 is 11.8 Å². The molecule has 0 saturated carbocycles. The van der Waals surface area contributed by atoms with Crippen molar-refractivity contribution in [3.05, 3.63) is 78.1 Å². The van der Waals surface area contributed by atoms with Crippen LogP contribution in [-0.4, -0.2) is 41.5 Å². The largest absolute Gasteiger partial charge is 0.350 e. The molecule has 4 rings (SSSR count). The van der Waals surface area contributed by atoms with Gasteiger partial charge in [-0.15, -0.1) is 0 Å². The summed E-state index contributed by atoms with van der Waals surface area (Å²) >= 11 is 0. The van der Waals surface area contributed by atoms with E-state index in [-0.39, 0.29) is 23.5 Å². The van der Waals surface area contributed by atoms with Gasteiger partial charge in [0.1, 0.15) is 5.69 Å². The molecule has 0 aliphatic carbocycles. The van der Waals surface area contributed by atoms with Crippen molar-refractivity contribution in [1.82, 2.24) is 15.4 Å². The Bertz CT molecular complexity index is 969. The number of hydrogen-bond donors (Lipinski definition) is 1. The lowest BCUT2D eigenvalue weighted by Gasteiger charge is -2.16. The first-order chi connectivity index (χ1) is 14.2. The van der Waals surface area contributed by atoms with Gasteiger partial charge in [-0.25, -0.2) is 0 Å². The monoisotopic (exact) mass is 389 g/mol. The zero-order valence-electron chi connectivity index (χ0n) is 16.1. The third-order valence-electron chi connectivity index (χ3n) is 5.16. The molecule has 1 N–H and O–H groups in total. The molecule has 6 nitrogen and oxygen atoms in total. The van der Waals surface area contributed by atoms with Crippen molar-refractivity contribution in [3.8, 4) is 11.3 Å². The molecule has 1 saturated heterocycles. The molecule has 1 fully saturated rings. The van der Waals surface area contributed by atoms with Crippen molar-refractivity contribution in [3.63, 3.8) is 0 Å². The van der Waals surface area contributed by atoms with Gasteiger partial charge in [-0.05, 0) is 12.0 Å². The lowest BCUT2D eigenvalue weighted by molar-refractivity contribution is -0.127. The average molecular weight is 389 g/mol. The molecule has 0 bridgehead atoms. The summed E-state index contributed by atoms with van der Waals surface area (Å²) in [6.45, 7) is 1.81. The van der Waals surface area contributed by atoms with Gasteiger partial charge < -0.3 is 14.7 Å². The zero-order valence-corrected chi connectivity index (χ0v) is 16.1. The van der Waals surface area contributed by atoms with Gasteiger partial charge in [-0.2, -0.15) is 0 Å². The van der Waals surface area contributed by atoms with Gasteiger partial charge in [0.2, 0.25) is 11.7 Å². The van der Waals surface area contributed by atoms with Crippen LogP contribution in [0.4, 0.5) is 0 Å². The van der Waals surface area contributed by atoms with E-state index in [0.29, 0.717) is 31.7 Å². The Morgan fingerprint density at radius 3 is 2.59 bits per heavy atom. The van der Waals surface area contributed by atoms with E-state index in [1.165, 1.54) is 5.56 Å². The van der Waals surface area contributed by atoms with Crippen LogP contribution in [0.3, 0.4) is 0 Å². The second kappa shape index (κ2) is 8.73. The summed E-state index contributed by atoms with van der Waals surface area (Å²) in [5.41, 5.74) is 2.74. The highest BCUT2D eigenvalue weighted by molar-refractivity contribution is 5.92. The smallest absolute Gasteiger partial charge is 0.289 e. The van der Waals surface area contributed by atoms with Gasteiger partial charge in [-0.3, -0.25) is 9.59 Å². The fraction of sp³-hybridized carbons (Fsp3) is 0.261. The summed E-state index contributed by atoms with van der Waals surface area (Å²) in [6.07, 6.45) is 1.30. The SMILES string of the molecule is O=C(NC[C@H]1CC(=O)N(CCc2ccccc2)C1)c1cc(-c2ccccc2)no1. The van der Waals surface area contributed by atoms with E-state index in [1.54, 1.807) is 6.07 Å². The molecule has 2 heterocycles. The minimum absolute atomic E-state index is 0.110. The minimum Gasteiger partial charge on any atom is -0.350 e. The maximum atomic E-state index is 12.4. The molecule has 1 aliphatic heterocycles. The summed E-state index contributed by atoms with van der Waals surface area (Å²) in [7, 11) is 0. The fourth-order valence-corrected chi connectivity index (χ4v) is 3.57. The highest BCUT2D eigenvalue weighted by Crippen LogP contribution is 2.20. The molecule has 1 atom stereocenters. The van der Waals surface area contributed by atoms with Crippen LogP contribution in [0.25, 0.3) is 11.3 Å². The van der Waals surface area contributed by atoms with Crippen LogP contribution in [0.5, 0.6) is 0 Å². The van der Waals surface area contributed by atoms with Gasteiger partial charge >= 0.3 is 0 Å². The number of benzene rings is 2. The number of rotatable bonds is 7. The number of likely N-dealkylation sites (tertiary alicyclic amines) is 1. The van der Waals surface area contributed by atoms with Gasteiger partial charge in [0.25, 0.3) is 5.91 Å². The first kappa shape index (κ1) is 18.9. The molecule has 1 aromatic heterocycles. The molecule has 3 aromatic rings. The standard InChI is InChI=1S/C23H23N3O3/c27-22-13-18(16-26(22)12-11-17-7-3-1-4-8-17)15-24-23(28)21-14-20(25-29-21)19-9-5-2-6-10-19/h1-10,14,18H,11-13,15-16H2,(H,24,28)/t18-/m1/s1. The van der Waals surface area contributed by atoms with Crippen LogP contribution in [0.15, 0.2) is 71.3 Å². The number of nitrogens with one attached hydrogen (secondary N) is 1. The van der Waals surface area contributed by atoms with E-state index >= 15 is 0 Å². The number of carbonyl (C=O) groups excluding carboxylic acids is 2. The lowest BCUT2D eigenvalue weighted by atomic mass is 10.1. The third-order valence-corrected chi connectivity index (χ3v) is 5.16. The Morgan fingerprint density at radius 2 is 1.83 bits per heavy atom. The van der Waals surface area contributed by atoms with Crippen molar-refractivity contribution < 1.29 is 14.1 Å². The maximum Gasteiger partial charge on any atom is 0.289 e. The van der Waals surface area contributed by atoms with Crippen LogP contribution in [-0.2, 0) is 11.2 Å². The Balaban J connectivity index is 1.27. The topological polar surface area (TPSA) is 75.4 Å². The second-order valence-corrected chi connectivity index (χ2v) is 7.30. The quantitative estimate of drug-likeness (QED) is 0.674. The number of amides is 2. The Labute approximate surface area is 169 Å². The number of carbonyl (C=O) groups is 2. The Morgan fingerprint density at radius 1 is 1.10 bits per heavy atom. The first-order valence-electron chi connectivity index (χ1n) is 9.81. The molecule has 1 aliphatic rings. The van der Waals surface area contributed by atoms with Crippen molar-refractivity contribution in [2.45, 2.75) is 12.8 Å². The van der Waals surface area contributed by atoms with Crippen LogP contribution in [0.1, 0.15) is 22.5 Å². The first-order valence-corrected chi connectivity index (χ1v) is 9.81. The highest BCUT2D eigenvalue weighted by Gasteiger charge is 2.29. The molecule has 6 heteroatoms. The number of nitrogens with zero attached hydrogens (tertiary/aromatic N) is 2. The van der Waals surface area contributed by atoms with Crippen LogP contribution in [0, 0.1) is 5.92 Å². The van der Waals surface area contributed by atoms with Crippen molar-refractivity contribution in [2.75, 3.05) is 19.6 Å². The molecule has 0 radical (unpaired) electrons. The molecule has 2 aromatic carbocycles. The molecular weight excluding hydrogens is 366 g/mol. The van der Waals surface area contributed by atoms with Crippen LogP contribution >= 0.6 is 0 Å². The van der Waals surface area contributed by atoms with E-state index in [9.17, 15) is 9.59 Å². The summed E-state index contributed by atoms with van der Waals surface area (Å²) < 4.78 is 5.19. The van der Waals surface area contributed by atoms with Gasteiger partial charge in [0, 0.05) is 43.6 Å². The second-order valence-electron chi connectivity index (χ2n) is 7.30. The minimum atomic E-state index is -0.310. The zero-order chi connectivity index (χ0) is 20.1. The molecular formula is C23H23N3O3. The maximum absolute atomic E-state index is 12.4. The number of aromatic nitrogens is 1. The van der Waals surface area contributed by atoms with E-state index in [0.717, 1.165) is 12.0 Å². The van der Waals surface area contributed by atoms with Crippen molar-refractivity contribution in [1.29, 1.82) is 0 Å². The van der Waals surface area contributed by atoms with E-state index in [4.69, 9.17) is 4.52 Å². The van der Waals surface area contributed by atoms with Crippen LogP contribution < -0.4 is 5.32 Å². The summed E-state index contributed by atoms with van der Waals surface area (Å²) in [5, 5.41) is 6.84. The Kier molecular flexibility index (Phi) is 5.70. The molecule has 0 spiro atoms. The van der Waals surface area contributed by atoms with Crippen molar-refractivity contribution in [2.24, 2.45) is 5.92 Å². The lowest BCUT2D eigenvalue weighted by Crippen LogP contribution is -2.31. The van der Waals surface area contributed by atoms with E-state index in [1.807, 2.05) is 53.4 Å². The molecule has 0 unspecified atom stereocenters. The van der Waals surface area contributed by atoms with Gasteiger partial charge in [0.05, 0.1) is 0 Å². The Hall–Kier alpha value is -3.41. The van der Waals surface area contributed by atoms with E-state index in [2.05, 4.69) is 22.6 Å². The highest BCUT2D eigenvalue weighted by atomic mass is 16.5. The third kappa shape index (κ3) is 4.71.